The van der Waals surface area contributed by atoms with Gasteiger partial charge in [-0.1, -0.05) is 25.7 Å². The number of hydrogen-bond acceptors (Lipinski definition) is 3. The molecule has 0 N–H and O–H groups in total. The Hall–Kier alpha value is -1.01. The largest absolute Gasteiger partial charge is 0.439 e. The van der Waals surface area contributed by atoms with Crippen molar-refractivity contribution in [2.45, 2.75) is 45.6 Å². The second-order valence-corrected chi connectivity index (χ2v) is 3.07. The summed E-state index contributed by atoms with van der Waals surface area (Å²) >= 11 is 0. The zero-order valence-corrected chi connectivity index (χ0v) is 8.91. The Bertz CT molecular complexity index is 193. The zero-order valence-electron chi connectivity index (χ0n) is 8.91. The van der Waals surface area contributed by atoms with Gasteiger partial charge in [-0.25, -0.2) is 0 Å². The average molecular weight is 198 g/mol. The molecule has 0 amide bonds. The van der Waals surface area contributed by atoms with Crippen LogP contribution in [0.1, 0.15) is 39.5 Å². The number of unbranched alkanes of at least 4 members (excludes halogenated alkanes) is 2. The molecule has 0 aliphatic carbocycles. The molecule has 80 valence electrons. The molecule has 0 bridgehead atoms. The summed E-state index contributed by atoms with van der Waals surface area (Å²) < 4.78 is 9.79. The van der Waals surface area contributed by atoms with Crippen LogP contribution in [-0.2, 0) is 14.3 Å². The van der Waals surface area contributed by atoms with Gasteiger partial charge in [-0.3, -0.25) is 4.79 Å². The molecule has 1 atom stereocenters. The van der Waals surface area contributed by atoms with E-state index in [0.29, 0.717) is 0 Å². The van der Waals surface area contributed by atoms with Gasteiger partial charge in [-0.05, 0) is 12.8 Å². The van der Waals surface area contributed by atoms with Gasteiger partial charge in [0, 0.05) is 6.92 Å². The lowest BCUT2D eigenvalue weighted by molar-refractivity contribution is -0.156. The quantitative estimate of drug-likeness (QED) is 0.272. The van der Waals surface area contributed by atoms with Crippen molar-refractivity contribution in [1.29, 1.82) is 0 Å². The number of carbonyl (C=O) groups excluding carboxylic acids is 1. The first kappa shape index (κ1) is 13.0. The van der Waals surface area contributed by atoms with Crippen molar-refractivity contribution < 1.29 is 14.3 Å². The summed E-state index contributed by atoms with van der Waals surface area (Å²) in [5, 5.41) is 0. The highest BCUT2D eigenvalue weighted by Gasteiger charge is 2.04. The maximum atomic E-state index is 10.4. The molecule has 0 aliphatic heterocycles. The van der Waals surface area contributed by atoms with Gasteiger partial charge in [0.05, 0.1) is 0 Å². The van der Waals surface area contributed by atoms with Crippen LogP contribution >= 0.6 is 0 Å². The van der Waals surface area contributed by atoms with Crippen molar-refractivity contribution >= 4 is 5.97 Å². The minimum Gasteiger partial charge on any atom is -0.439 e. The molecule has 0 radical (unpaired) electrons. The summed E-state index contributed by atoms with van der Waals surface area (Å²) in [5.41, 5.74) is 0. The van der Waals surface area contributed by atoms with Gasteiger partial charge in [-0.2, -0.15) is 0 Å². The molecule has 14 heavy (non-hydrogen) atoms. The fourth-order valence-electron chi connectivity index (χ4n) is 0.994. The van der Waals surface area contributed by atoms with E-state index in [1.54, 1.807) is 0 Å². The Morgan fingerprint density at radius 1 is 1.50 bits per heavy atom. The average Bonchev–Trinajstić information content (AvgIpc) is 2.15. The van der Waals surface area contributed by atoms with Gasteiger partial charge in [-0.15, -0.1) is 6.42 Å². The second-order valence-electron chi connectivity index (χ2n) is 3.07. The molecule has 3 heteroatoms. The standard InChI is InChI=1S/C11H18O3/c1-4-6-7-8-11(5-2)14-9-13-10(3)12/h2,11H,4,6-9H2,1,3H3. The Morgan fingerprint density at radius 3 is 2.71 bits per heavy atom. The predicted molar refractivity (Wildman–Crippen MR) is 54.5 cm³/mol. The molecule has 0 saturated heterocycles. The number of terminal acetylenes is 1. The van der Waals surface area contributed by atoms with Gasteiger partial charge in [0.2, 0.25) is 0 Å². The Labute approximate surface area is 85.8 Å². The third kappa shape index (κ3) is 7.63. The van der Waals surface area contributed by atoms with E-state index in [1.807, 2.05) is 0 Å². The number of esters is 1. The van der Waals surface area contributed by atoms with Gasteiger partial charge >= 0.3 is 5.97 Å². The van der Waals surface area contributed by atoms with E-state index in [-0.39, 0.29) is 18.9 Å². The topological polar surface area (TPSA) is 35.5 Å². The first-order valence-corrected chi connectivity index (χ1v) is 4.91. The lowest BCUT2D eigenvalue weighted by Crippen LogP contribution is -2.14. The second kappa shape index (κ2) is 8.58. The minimum absolute atomic E-state index is 0.0453. The molecule has 0 aromatic heterocycles. The van der Waals surface area contributed by atoms with Crippen molar-refractivity contribution in [3.8, 4) is 12.3 Å². The van der Waals surface area contributed by atoms with Crippen molar-refractivity contribution in [2.24, 2.45) is 0 Å². The molecular weight excluding hydrogens is 180 g/mol. The summed E-state index contributed by atoms with van der Waals surface area (Å²) in [4.78, 5) is 10.4. The molecule has 0 heterocycles. The van der Waals surface area contributed by atoms with Crippen LogP contribution in [0.25, 0.3) is 0 Å². The Morgan fingerprint density at radius 2 is 2.21 bits per heavy atom. The van der Waals surface area contributed by atoms with E-state index in [1.165, 1.54) is 6.92 Å². The van der Waals surface area contributed by atoms with E-state index < -0.39 is 0 Å². The van der Waals surface area contributed by atoms with Gasteiger partial charge in [0.25, 0.3) is 0 Å². The van der Waals surface area contributed by atoms with E-state index in [4.69, 9.17) is 11.2 Å². The molecular formula is C11H18O3. The van der Waals surface area contributed by atoms with Crippen LogP contribution in [0.15, 0.2) is 0 Å². The Balaban J connectivity index is 3.49. The maximum Gasteiger partial charge on any atom is 0.304 e. The highest BCUT2D eigenvalue weighted by Crippen LogP contribution is 2.05. The molecule has 0 fully saturated rings. The van der Waals surface area contributed by atoms with E-state index in [9.17, 15) is 4.79 Å². The van der Waals surface area contributed by atoms with Crippen LogP contribution in [0, 0.1) is 12.3 Å². The molecule has 0 aliphatic rings. The van der Waals surface area contributed by atoms with Crippen LogP contribution in [0.3, 0.4) is 0 Å². The van der Waals surface area contributed by atoms with Crippen molar-refractivity contribution in [3.63, 3.8) is 0 Å². The lowest BCUT2D eigenvalue weighted by atomic mass is 10.1. The van der Waals surface area contributed by atoms with Crippen LogP contribution in [-0.4, -0.2) is 18.9 Å². The first-order valence-electron chi connectivity index (χ1n) is 4.91. The number of ether oxygens (including phenoxy) is 2. The molecule has 1 unspecified atom stereocenters. The summed E-state index contributed by atoms with van der Waals surface area (Å²) in [6.07, 6.45) is 9.20. The van der Waals surface area contributed by atoms with Crippen LogP contribution in [0.2, 0.25) is 0 Å². The van der Waals surface area contributed by atoms with Crippen molar-refractivity contribution in [2.75, 3.05) is 6.79 Å². The normalized spacial score (nSPS) is 11.8. The number of rotatable bonds is 7. The van der Waals surface area contributed by atoms with Crippen LogP contribution < -0.4 is 0 Å². The van der Waals surface area contributed by atoms with Crippen molar-refractivity contribution in [3.05, 3.63) is 0 Å². The minimum atomic E-state index is -0.352. The van der Waals surface area contributed by atoms with Gasteiger partial charge < -0.3 is 9.47 Å². The molecule has 0 spiro atoms. The van der Waals surface area contributed by atoms with E-state index in [0.717, 1.165) is 25.7 Å². The molecule has 0 saturated carbocycles. The SMILES string of the molecule is C#CC(CCCCC)OCOC(C)=O. The summed E-state index contributed by atoms with van der Waals surface area (Å²) in [6.45, 7) is 3.42. The summed E-state index contributed by atoms with van der Waals surface area (Å²) in [5.74, 6) is 2.17. The molecule has 0 rings (SSSR count). The molecule has 0 aromatic carbocycles. The van der Waals surface area contributed by atoms with E-state index >= 15 is 0 Å². The number of hydrogen-bond donors (Lipinski definition) is 0. The van der Waals surface area contributed by atoms with Gasteiger partial charge in [0.1, 0.15) is 6.10 Å². The molecule has 3 nitrogen and oxygen atoms in total. The highest BCUT2D eigenvalue weighted by atomic mass is 16.7. The first-order chi connectivity index (χ1) is 6.70. The maximum absolute atomic E-state index is 10.4. The van der Waals surface area contributed by atoms with Crippen molar-refractivity contribution in [1.82, 2.24) is 0 Å². The number of carbonyl (C=O) groups is 1. The lowest BCUT2D eigenvalue weighted by Gasteiger charge is -2.11. The summed E-state index contributed by atoms with van der Waals surface area (Å²) in [6, 6.07) is 0. The fraction of sp³-hybridized carbons (Fsp3) is 0.727. The highest BCUT2D eigenvalue weighted by molar-refractivity contribution is 5.65. The van der Waals surface area contributed by atoms with Gasteiger partial charge in [0.15, 0.2) is 6.79 Å². The zero-order chi connectivity index (χ0) is 10.8. The monoisotopic (exact) mass is 198 g/mol. The Kier molecular flexibility index (Phi) is 7.96. The third-order valence-electron chi connectivity index (χ3n) is 1.79. The molecule has 0 aromatic rings. The fourth-order valence-corrected chi connectivity index (χ4v) is 0.994. The predicted octanol–water partition coefficient (Wildman–Crippen LogP) is 2.11. The van der Waals surface area contributed by atoms with Crippen LogP contribution in [0.5, 0.6) is 0 Å². The van der Waals surface area contributed by atoms with Crippen LogP contribution in [0.4, 0.5) is 0 Å². The third-order valence-corrected chi connectivity index (χ3v) is 1.79. The summed E-state index contributed by atoms with van der Waals surface area (Å²) in [7, 11) is 0. The smallest absolute Gasteiger partial charge is 0.304 e. The van der Waals surface area contributed by atoms with E-state index in [2.05, 4.69) is 17.6 Å².